The minimum atomic E-state index is 0.614. The van der Waals surface area contributed by atoms with Crippen LogP contribution in [0.25, 0.3) is 0 Å². The number of nitrogens with one attached hydrogen (secondary N) is 1. The number of hydrogen-bond acceptors (Lipinski definition) is 2. The second kappa shape index (κ2) is 4.56. The van der Waals surface area contributed by atoms with E-state index >= 15 is 0 Å². The monoisotopic (exact) mass is 195 g/mol. The summed E-state index contributed by atoms with van der Waals surface area (Å²) in [5, 5.41) is 0. The number of anilines is 1. The Labute approximate surface area is 85.1 Å². The summed E-state index contributed by atoms with van der Waals surface area (Å²) >= 11 is 1.63. The van der Waals surface area contributed by atoms with Crippen LogP contribution < -0.4 is 4.72 Å². The average molecular weight is 195 g/mol. The summed E-state index contributed by atoms with van der Waals surface area (Å²) in [7, 11) is 0. The van der Waals surface area contributed by atoms with Crippen LogP contribution in [0.2, 0.25) is 0 Å². The lowest BCUT2D eigenvalue weighted by Gasteiger charge is -2.11. The molecule has 1 aromatic carbocycles. The molecule has 2 heteroatoms. The van der Waals surface area contributed by atoms with E-state index in [0.717, 1.165) is 0 Å². The van der Waals surface area contributed by atoms with Crippen LogP contribution in [0.1, 0.15) is 30.9 Å². The van der Waals surface area contributed by atoms with Gasteiger partial charge in [0.1, 0.15) is 0 Å². The minimum absolute atomic E-state index is 0.614. The van der Waals surface area contributed by atoms with E-state index in [1.807, 2.05) is 6.26 Å². The lowest BCUT2D eigenvalue weighted by molar-refractivity contribution is 0.857. The molecule has 0 atom stereocenters. The highest BCUT2D eigenvalue weighted by molar-refractivity contribution is 7.99. The third-order valence-corrected chi connectivity index (χ3v) is 2.55. The van der Waals surface area contributed by atoms with Gasteiger partial charge in [0.05, 0.1) is 0 Å². The van der Waals surface area contributed by atoms with Crippen LogP contribution in [-0.2, 0) is 0 Å². The Morgan fingerprint density at radius 2 is 2.00 bits per heavy atom. The molecule has 0 unspecified atom stereocenters. The molecular formula is C11H17NS. The van der Waals surface area contributed by atoms with Crippen molar-refractivity contribution in [2.75, 3.05) is 11.0 Å². The quantitative estimate of drug-likeness (QED) is 0.736. The van der Waals surface area contributed by atoms with Gasteiger partial charge in [-0.1, -0.05) is 31.9 Å². The number of rotatable bonds is 3. The SMILES string of the molecule is CSNc1ccc(C(C)C)c(C)c1. The van der Waals surface area contributed by atoms with Gasteiger partial charge in [-0.3, -0.25) is 0 Å². The molecule has 0 aliphatic rings. The first kappa shape index (κ1) is 10.5. The van der Waals surface area contributed by atoms with E-state index in [4.69, 9.17) is 0 Å². The molecule has 0 fully saturated rings. The van der Waals surface area contributed by atoms with Crippen molar-refractivity contribution >= 4 is 17.6 Å². The highest BCUT2D eigenvalue weighted by Crippen LogP contribution is 2.22. The van der Waals surface area contributed by atoms with Crippen LogP contribution >= 0.6 is 11.9 Å². The summed E-state index contributed by atoms with van der Waals surface area (Å²) in [6, 6.07) is 6.54. The maximum Gasteiger partial charge on any atom is 0.0442 e. The van der Waals surface area contributed by atoms with Crippen LogP contribution in [0.15, 0.2) is 18.2 Å². The molecule has 0 spiro atoms. The van der Waals surface area contributed by atoms with Gasteiger partial charge < -0.3 is 4.72 Å². The van der Waals surface area contributed by atoms with Gasteiger partial charge in [0.15, 0.2) is 0 Å². The molecule has 72 valence electrons. The topological polar surface area (TPSA) is 12.0 Å². The van der Waals surface area contributed by atoms with E-state index in [9.17, 15) is 0 Å². The number of hydrogen-bond donors (Lipinski definition) is 1. The zero-order valence-electron chi connectivity index (χ0n) is 8.72. The Morgan fingerprint density at radius 1 is 1.31 bits per heavy atom. The Balaban J connectivity index is 2.92. The van der Waals surface area contributed by atoms with Crippen molar-refractivity contribution in [2.24, 2.45) is 0 Å². The predicted octanol–water partition coefficient (Wildman–Crippen LogP) is 3.81. The predicted molar refractivity (Wildman–Crippen MR) is 62.4 cm³/mol. The van der Waals surface area contributed by atoms with Gasteiger partial charge >= 0.3 is 0 Å². The molecule has 0 saturated carbocycles. The van der Waals surface area contributed by atoms with Gasteiger partial charge in [-0.2, -0.15) is 0 Å². The molecular weight excluding hydrogens is 178 g/mol. The van der Waals surface area contributed by atoms with E-state index in [1.54, 1.807) is 11.9 Å². The molecule has 0 aliphatic carbocycles. The van der Waals surface area contributed by atoms with Crippen LogP contribution in [0.5, 0.6) is 0 Å². The fraction of sp³-hybridized carbons (Fsp3) is 0.455. The molecule has 0 radical (unpaired) electrons. The zero-order chi connectivity index (χ0) is 9.84. The van der Waals surface area contributed by atoms with Gasteiger partial charge in [0.2, 0.25) is 0 Å². The molecule has 0 bridgehead atoms. The van der Waals surface area contributed by atoms with Gasteiger partial charge in [-0.15, -0.1) is 0 Å². The molecule has 1 nitrogen and oxygen atoms in total. The summed E-state index contributed by atoms with van der Waals surface area (Å²) in [5.41, 5.74) is 4.00. The highest BCUT2D eigenvalue weighted by Gasteiger charge is 2.03. The first-order chi connectivity index (χ1) is 6.15. The second-order valence-corrected chi connectivity index (χ2v) is 4.14. The largest absolute Gasteiger partial charge is 0.330 e. The normalized spacial score (nSPS) is 10.5. The summed E-state index contributed by atoms with van der Waals surface area (Å²) in [6.07, 6.45) is 2.03. The van der Waals surface area contributed by atoms with Crippen LogP contribution in [0.4, 0.5) is 5.69 Å². The Bertz CT molecular complexity index is 281. The van der Waals surface area contributed by atoms with Crippen molar-refractivity contribution in [3.63, 3.8) is 0 Å². The average Bonchev–Trinajstić information content (AvgIpc) is 2.04. The van der Waals surface area contributed by atoms with Crippen LogP contribution in [0.3, 0.4) is 0 Å². The fourth-order valence-electron chi connectivity index (χ4n) is 1.50. The smallest absolute Gasteiger partial charge is 0.0442 e. The summed E-state index contributed by atoms with van der Waals surface area (Å²) in [6.45, 7) is 6.62. The molecule has 1 N–H and O–H groups in total. The van der Waals surface area contributed by atoms with Gasteiger partial charge in [0, 0.05) is 11.9 Å². The summed E-state index contributed by atoms with van der Waals surface area (Å²) in [4.78, 5) is 0. The molecule has 0 amide bonds. The number of benzene rings is 1. The maximum atomic E-state index is 3.23. The Kier molecular flexibility index (Phi) is 3.67. The molecule has 1 aromatic rings. The van der Waals surface area contributed by atoms with Gasteiger partial charge in [-0.25, -0.2) is 0 Å². The van der Waals surface area contributed by atoms with E-state index in [1.165, 1.54) is 16.8 Å². The first-order valence-corrected chi connectivity index (χ1v) is 5.77. The molecule has 0 saturated heterocycles. The third-order valence-electron chi connectivity index (χ3n) is 2.11. The van der Waals surface area contributed by atoms with E-state index < -0.39 is 0 Å². The first-order valence-electron chi connectivity index (χ1n) is 4.54. The molecule has 0 heterocycles. The van der Waals surface area contributed by atoms with Crippen molar-refractivity contribution in [3.05, 3.63) is 29.3 Å². The molecule has 0 aliphatic heterocycles. The fourth-order valence-corrected chi connectivity index (χ4v) is 1.87. The second-order valence-electron chi connectivity index (χ2n) is 3.53. The summed E-state index contributed by atoms with van der Waals surface area (Å²) < 4.78 is 3.23. The van der Waals surface area contributed by atoms with E-state index in [2.05, 4.69) is 43.7 Å². The maximum absolute atomic E-state index is 3.23. The lowest BCUT2D eigenvalue weighted by Crippen LogP contribution is -1.93. The standard InChI is InChI=1S/C11H17NS/c1-8(2)11-6-5-10(12-13-4)7-9(11)3/h5-8,12H,1-4H3. The third kappa shape index (κ3) is 2.66. The van der Waals surface area contributed by atoms with Crippen LogP contribution in [0, 0.1) is 6.92 Å². The van der Waals surface area contributed by atoms with Crippen molar-refractivity contribution < 1.29 is 0 Å². The Morgan fingerprint density at radius 3 is 2.46 bits per heavy atom. The van der Waals surface area contributed by atoms with E-state index in [-0.39, 0.29) is 0 Å². The van der Waals surface area contributed by atoms with Gasteiger partial charge in [0.25, 0.3) is 0 Å². The van der Waals surface area contributed by atoms with Gasteiger partial charge in [-0.05, 0) is 36.1 Å². The lowest BCUT2D eigenvalue weighted by atomic mass is 9.98. The summed E-state index contributed by atoms with van der Waals surface area (Å²) in [5.74, 6) is 0.614. The number of aryl methyl sites for hydroxylation is 1. The zero-order valence-corrected chi connectivity index (χ0v) is 9.53. The van der Waals surface area contributed by atoms with Crippen molar-refractivity contribution in [1.29, 1.82) is 0 Å². The van der Waals surface area contributed by atoms with Crippen molar-refractivity contribution in [3.8, 4) is 0 Å². The highest BCUT2D eigenvalue weighted by atomic mass is 32.2. The molecule has 0 aromatic heterocycles. The van der Waals surface area contributed by atoms with Crippen molar-refractivity contribution in [1.82, 2.24) is 0 Å². The van der Waals surface area contributed by atoms with E-state index in [0.29, 0.717) is 5.92 Å². The molecule has 1 rings (SSSR count). The van der Waals surface area contributed by atoms with Crippen LogP contribution in [-0.4, -0.2) is 6.26 Å². The Hall–Kier alpha value is -0.630. The minimum Gasteiger partial charge on any atom is -0.330 e. The molecule has 13 heavy (non-hydrogen) atoms. The van der Waals surface area contributed by atoms with Crippen molar-refractivity contribution in [2.45, 2.75) is 26.7 Å².